The Bertz CT molecular complexity index is 864. The number of nitrogens with zero attached hydrogens (tertiary/aromatic N) is 3. The fourth-order valence-electron chi connectivity index (χ4n) is 5.22. The molecule has 2 saturated heterocycles. The number of halogens is 1. The van der Waals surface area contributed by atoms with E-state index in [4.69, 9.17) is 4.74 Å². The van der Waals surface area contributed by atoms with Crippen molar-refractivity contribution >= 4 is 5.69 Å². The van der Waals surface area contributed by atoms with Gasteiger partial charge in [-0.1, -0.05) is 13.0 Å². The molecule has 2 atom stereocenters. The van der Waals surface area contributed by atoms with E-state index in [0.717, 1.165) is 68.3 Å². The van der Waals surface area contributed by atoms with Gasteiger partial charge in [0.05, 0.1) is 30.3 Å². The average molecular weight is 398 g/mol. The number of aromatic amines is 1. The summed E-state index contributed by atoms with van der Waals surface area (Å²) >= 11 is 0. The van der Waals surface area contributed by atoms with Crippen molar-refractivity contribution in [2.75, 3.05) is 44.3 Å². The lowest BCUT2D eigenvalue weighted by atomic mass is 10.0. The number of imidazole rings is 1. The minimum atomic E-state index is -0.0728. The fourth-order valence-corrected chi connectivity index (χ4v) is 5.22. The van der Waals surface area contributed by atoms with Crippen molar-refractivity contribution in [3.8, 4) is 0 Å². The van der Waals surface area contributed by atoms with Gasteiger partial charge in [-0.2, -0.15) is 0 Å². The summed E-state index contributed by atoms with van der Waals surface area (Å²) in [5.41, 5.74) is 3.85. The Balaban J connectivity index is 1.19. The molecule has 1 N–H and O–H groups in total. The lowest BCUT2D eigenvalue weighted by molar-refractivity contribution is 0.122. The second-order valence-corrected chi connectivity index (χ2v) is 8.75. The number of nitrogens with one attached hydrogen (secondary N) is 1. The molecule has 3 fully saturated rings. The van der Waals surface area contributed by atoms with Crippen molar-refractivity contribution in [2.45, 2.75) is 33.2 Å². The SMILES string of the molecule is CCc1nc(C)c(CN2CC3C(Cc4[c]ccc(N5CCOCC5)c4F)C3C2)[nH]1. The number of hydrogen-bond acceptors (Lipinski definition) is 4. The summed E-state index contributed by atoms with van der Waals surface area (Å²) in [6.45, 7) is 10.3. The van der Waals surface area contributed by atoms with Gasteiger partial charge in [-0.3, -0.25) is 4.90 Å². The Hall–Kier alpha value is -1.92. The maximum Gasteiger partial charge on any atom is 0.150 e. The zero-order chi connectivity index (χ0) is 20.0. The van der Waals surface area contributed by atoms with E-state index in [0.29, 0.717) is 31.0 Å². The van der Waals surface area contributed by atoms with Gasteiger partial charge in [0.2, 0.25) is 0 Å². The summed E-state index contributed by atoms with van der Waals surface area (Å²) < 4.78 is 20.5. The molecule has 0 amide bonds. The number of aryl methyl sites for hydroxylation is 2. The first kappa shape index (κ1) is 19.1. The topological polar surface area (TPSA) is 44.4 Å². The Morgan fingerprint density at radius 3 is 2.72 bits per heavy atom. The van der Waals surface area contributed by atoms with Crippen LogP contribution in [0.2, 0.25) is 0 Å². The molecule has 1 aromatic carbocycles. The van der Waals surface area contributed by atoms with E-state index in [1.165, 1.54) is 5.69 Å². The largest absolute Gasteiger partial charge is 0.378 e. The number of aromatic nitrogens is 2. The minimum absolute atomic E-state index is 0.0728. The number of rotatable bonds is 6. The number of anilines is 1. The van der Waals surface area contributed by atoms with E-state index in [1.54, 1.807) is 0 Å². The Morgan fingerprint density at radius 1 is 1.28 bits per heavy atom. The molecule has 1 saturated carbocycles. The number of hydrogen-bond donors (Lipinski definition) is 1. The molecule has 3 heterocycles. The highest BCUT2D eigenvalue weighted by molar-refractivity contribution is 5.50. The average Bonchev–Trinajstić information content (AvgIpc) is 3.05. The van der Waals surface area contributed by atoms with Gasteiger partial charge in [-0.05, 0) is 48.8 Å². The smallest absolute Gasteiger partial charge is 0.150 e. The number of likely N-dealkylation sites (tertiary alicyclic amines) is 1. The maximum atomic E-state index is 15.1. The number of H-pyrrole nitrogens is 1. The van der Waals surface area contributed by atoms with E-state index in [9.17, 15) is 0 Å². The van der Waals surface area contributed by atoms with Crippen LogP contribution in [0.3, 0.4) is 0 Å². The minimum Gasteiger partial charge on any atom is -0.378 e. The highest BCUT2D eigenvalue weighted by atomic mass is 19.1. The van der Waals surface area contributed by atoms with Crippen molar-refractivity contribution in [2.24, 2.45) is 17.8 Å². The molecular weight excluding hydrogens is 367 g/mol. The number of piperidine rings is 1. The Labute approximate surface area is 172 Å². The molecule has 2 aromatic rings. The van der Waals surface area contributed by atoms with Crippen LogP contribution in [0.15, 0.2) is 12.1 Å². The third kappa shape index (κ3) is 3.68. The van der Waals surface area contributed by atoms with Crippen LogP contribution in [0.5, 0.6) is 0 Å². The summed E-state index contributed by atoms with van der Waals surface area (Å²) in [5, 5.41) is 0. The molecule has 29 heavy (non-hydrogen) atoms. The third-order valence-corrected chi connectivity index (χ3v) is 6.98. The highest BCUT2D eigenvalue weighted by Crippen LogP contribution is 2.53. The predicted octanol–water partition coefficient (Wildman–Crippen LogP) is 2.98. The van der Waals surface area contributed by atoms with Gasteiger partial charge in [0.25, 0.3) is 0 Å². The van der Waals surface area contributed by atoms with Crippen molar-refractivity contribution in [1.82, 2.24) is 14.9 Å². The monoisotopic (exact) mass is 397 g/mol. The zero-order valence-electron chi connectivity index (χ0n) is 17.4. The van der Waals surface area contributed by atoms with Crippen LogP contribution in [0, 0.1) is 36.6 Å². The molecule has 1 radical (unpaired) electrons. The Kier molecular flexibility index (Phi) is 5.08. The zero-order valence-corrected chi connectivity index (χ0v) is 17.4. The normalized spacial score (nSPS) is 26.7. The van der Waals surface area contributed by atoms with Crippen LogP contribution in [-0.4, -0.2) is 54.3 Å². The number of fused-ring (bicyclic) bond motifs is 1. The molecule has 3 aliphatic rings. The summed E-state index contributed by atoms with van der Waals surface area (Å²) in [6.07, 6.45) is 1.76. The number of benzene rings is 1. The molecule has 6 heteroatoms. The molecule has 2 unspecified atom stereocenters. The van der Waals surface area contributed by atoms with Crippen LogP contribution < -0.4 is 4.90 Å². The second-order valence-electron chi connectivity index (χ2n) is 8.75. The van der Waals surface area contributed by atoms with Crippen LogP contribution in [-0.2, 0) is 24.1 Å². The van der Waals surface area contributed by atoms with Crippen molar-refractivity contribution < 1.29 is 9.13 Å². The summed E-state index contributed by atoms with van der Waals surface area (Å²) in [7, 11) is 0. The predicted molar refractivity (Wildman–Crippen MR) is 110 cm³/mol. The van der Waals surface area contributed by atoms with E-state index in [2.05, 4.69) is 39.7 Å². The molecule has 1 aromatic heterocycles. The van der Waals surface area contributed by atoms with Gasteiger partial charge in [0.15, 0.2) is 0 Å². The molecule has 1 aliphatic carbocycles. The van der Waals surface area contributed by atoms with Gasteiger partial charge in [-0.15, -0.1) is 0 Å². The highest BCUT2D eigenvalue weighted by Gasteiger charge is 2.55. The maximum absolute atomic E-state index is 15.1. The third-order valence-electron chi connectivity index (χ3n) is 6.98. The summed E-state index contributed by atoms with van der Waals surface area (Å²) in [4.78, 5) is 12.7. The van der Waals surface area contributed by atoms with E-state index >= 15 is 4.39 Å². The quantitative estimate of drug-likeness (QED) is 0.814. The molecular formula is C23H30FN4O. The number of morpholine rings is 1. The lowest BCUT2D eigenvalue weighted by Gasteiger charge is -2.29. The first-order chi connectivity index (χ1) is 14.1. The number of ether oxygens (including phenoxy) is 1. The van der Waals surface area contributed by atoms with Crippen LogP contribution in [0.4, 0.5) is 10.1 Å². The molecule has 5 nitrogen and oxygen atoms in total. The van der Waals surface area contributed by atoms with Crippen LogP contribution >= 0.6 is 0 Å². The standard InChI is InChI=1S/C23H30FN4O/c1-3-22-25-15(2)20(26-22)14-27-12-18-17(19(18)13-27)11-16-5-4-6-21(23(16)24)28-7-9-29-10-8-28/h4,6,17-19H,3,7-14H2,1-2H3,(H,25,26). The van der Waals surface area contributed by atoms with Crippen molar-refractivity contribution in [3.05, 3.63) is 46.8 Å². The summed E-state index contributed by atoms with van der Waals surface area (Å²) in [5.74, 6) is 3.00. The van der Waals surface area contributed by atoms with Gasteiger partial charge in [0.1, 0.15) is 11.6 Å². The van der Waals surface area contributed by atoms with Crippen LogP contribution in [0.25, 0.3) is 0 Å². The fraction of sp³-hybridized carbons (Fsp3) is 0.609. The van der Waals surface area contributed by atoms with E-state index < -0.39 is 0 Å². The van der Waals surface area contributed by atoms with Crippen LogP contribution in [0.1, 0.15) is 29.7 Å². The molecule has 5 rings (SSSR count). The van der Waals surface area contributed by atoms with Gasteiger partial charge >= 0.3 is 0 Å². The molecule has 2 aliphatic heterocycles. The molecule has 0 spiro atoms. The molecule has 0 bridgehead atoms. The lowest BCUT2D eigenvalue weighted by Crippen LogP contribution is -2.36. The Morgan fingerprint density at radius 2 is 2.03 bits per heavy atom. The first-order valence-corrected chi connectivity index (χ1v) is 10.9. The molecule has 155 valence electrons. The van der Waals surface area contributed by atoms with Gasteiger partial charge < -0.3 is 14.6 Å². The first-order valence-electron chi connectivity index (χ1n) is 10.9. The van der Waals surface area contributed by atoms with E-state index in [1.807, 2.05) is 12.1 Å². The second kappa shape index (κ2) is 7.73. The van der Waals surface area contributed by atoms with E-state index in [-0.39, 0.29) is 5.82 Å². The summed E-state index contributed by atoms with van der Waals surface area (Å²) in [6, 6.07) is 6.93. The van der Waals surface area contributed by atoms with Crippen molar-refractivity contribution in [1.29, 1.82) is 0 Å². The van der Waals surface area contributed by atoms with Gasteiger partial charge in [-0.25, -0.2) is 9.37 Å². The van der Waals surface area contributed by atoms with Gasteiger partial charge in [0, 0.05) is 39.1 Å². The van der Waals surface area contributed by atoms with Crippen molar-refractivity contribution in [3.63, 3.8) is 0 Å².